The first-order valence-electron chi connectivity index (χ1n) is 4.25. The number of nitrogens with zero attached hydrogens (tertiary/aromatic N) is 1. The van der Waals surface area contributed by atoms with Crippen LogP contribution in [-0.4, -0.2) is 17.1 Å². The van der Waals surface area contributed by atoms with Gasteiger partial charge in [0.05, 0.1) is 18.0 Å². The molecule has 2 rings (SSSR count). The Kier molecular flexibility index (Phi) is 1.96. The number of rotatable bonds is 1. The zero-order valence-corrected chi connectivity index (χ0v) is 8.00. The van der Waals surface area contributed by atoms with Gasteiger partial charge in [-0.05, 0) is 24.6 Å². The number of aryl methyl sites for hydroxylation is 1. The molecule has 0 spiro atoms. The molecular weight excluding hydrogens is 180 g/mol. The van der Waals surface area contributed by atoms with Crippen molar-refractivity contribution in [1.29, 1.82) is 0 Å². The Morgan fingerprint density at radius 3 is 2.93 bits per heavy atom. The lowest BCUT2D eigenvalue weighted by Gasteiger charge is -2.01. The lowest BCUT2D eigenvalue weighted by molar-refractivity contribution is 0.380. The van der Waals surface area contributed by atoms with Crippen LogP contribution < -0.4 is 10.3 Å². The molecule has 1 heterocycles. The van der Waals surface area contributed by atoms with E-state index < -0.39 is 0 Å². The minimum absolute atomic E-state index is 0.174. The molecule has 72 valence electrons. The lowest BCUT2D eigenvalue weighted by Crippen LogP contribution is -2.09. The van der Waals surface area contributed by atoms with Gasteiger partial charge >= 0.3 is 0 Å². The monoisotopic (exact) mass is 190 g/mol. The van der Waals surface area contributed by atoms with Crippen molar-refractivity contribution in [2.45, 2.75) is 6.92 Å². The zero-order valence-electron chi connectivity index (χ0n) is 8.00. The van der Waals surface area contributed by atoms with Crippen LogP contribution >= 0.6 is 0 Å². The highest BCUT2D eigenvalue weighted by atomic mass is 16.5. The van der Waals surface area contributed by atoms with Crippen molar-refractivity contribution in [1.82, 2.24) is 9.97 Å². The van der Waals surface area contributed by atoms with E-state index in [-0.39, 0.29) is 11.6 Å². The third-order valence-corrected chi connectivity index (χ3v) is 2.03. The fourth-order valence-corrected chi connectivity index (χ4v) is 1.32. The molecule has 4 heteroatoms. The molecule has 0 amide bonds. The van der Waals surface area contributed by atoms with E-state index in [4.69, 9.17) is 4.74 Å². The van der Waals surface area contributed by atoms with Gasteiger partial charge in [0.25, 0.3) is 11.6 Å². The van der Waals surface area contributed by atoms with Crippen LogP contribution in [0.25, 0.3) is 10.9 Å². The number of benzene rings is 1. The molecule has 2 aromatic rings. The second-order valence-electron chi connectivity index (χ2n) is 3.10. The molecule has 0 atom stereocenters. The largest absolute Gasteiger partial charge is 0.468 e. The maximum atomic E-state index is 11.5. The molecule has 0 aliphatic rings. The van der Waals surface area contributed by atoms with E-state index in [1.165, 1.54) is 7.11 Å². The average molecular weight is 190 g/mol. The summed E-state index contributed by atoms with van der Waals surface area (Å²) in [5.74, 6) is 0. The van der Waals surface area contributed by atoms with E-state index in [0.29, 0.717) is 10.9 Å². The third kappa shape index (κ3) is 1.35. The number of hydrogen-bond acceptors (Lipinski definition) is 3. The van der Waals surface area contributed by atoms with Crippen LogP contribution in [0.3, 0.4) is 0 Å². The van der Waals surface area contributed by atoms with Crippen LogP contribution in [0, 0.1) is 6.92 Å². The van der Waals surface area contributed by atoms with Crippen molar-refractivity contribution >= 4 is 10.9 Å². The summed E-state index contributed by atoms with van der Waals surface area (Å²) in [6.45, 7) is 1.95. The topological polar surface area (TPSA) is 55.0 Å². The molecule has 1 aromatic heterocycles. The summed E-state index contributed by atoms with van der Waals surface area (Å²) in [6.07, 6.45) is 0. The maximum absolute atomic E-state index is 11.5. The SMILES string of the molecule is COc1nc2cc(C)ccc2c(=O)[nH]1. The molecule has 0 saturated heterocycles. The summed E-state index contributed by atoms with van der Waals surface area (Å²) >= 11 is 0. The quantitative estimate of drug-likeness (QED) is 0.736. The second-order valence-corrected chi connectivity index (χ2v) is 3.10. The van der Waals surface area contributed by atoms with Crippen LogP contribution in [0.5, 0.6) is 6.01 Å². The van der Waals surface area contributed by atoms with Gasteiger partial charge in [0.15, 0.2) is 0 Å². The van der Waals surface area contributed by atoms with Crippen LogP contribution in [0.1, 0.15) is 5.56 Å². The minimum Gasteiger partial charge on any atom is -0.468 e. The third-order valence-electron chi connectivity index (χ3n) is 2.03. The van der Waals surface area contributed by atoms with E-state index >= 15 is 0 Å². The fraction of sp³-hybridized carbons (Fsp3) is 0.200. The number of fused-ring (bicyclic) bond motifs is 1. The maximum Gasteiger partial charge on any atom is 0.296 e. The number of ether oxygens (including phenoxy) is 1. The number of aromatic nitrogens is 2. The first-order chi connectivity index (χ1) is 6.70. The van der Waals surface area contributed by atoms with E-state index in [1.807, 2.05) is 19.1 Å². The molecule has 0 unspecified atom stereocenters. The first kappa shape index (κ1) is 8.74. The number of H-pyrrole nitrogens is 1. The van der Waals surface area contributed by atoms with Crippen molar-refractivity contribution < 1.29 is 4.74 Å². The molecule has 14 heavy (non-hydrogen) atoms. The van der Waals surface area contributed by atoms with Crippen molar-refractivity contribution in [2.24, 2.45) is 0 Å². The lowest BCUT2D eigenvalue weighted by atomic mass is 10.2. The van der Waals surface area contributed by atoms with Crippen molar-refractivity contribution in [3.8, 4) is 6.01 Å². The van der Waals surface area contributed by atoms with Gasteiger partial charge in [-0.3, -0.25) is 9.78 Å². The summed E-state index contributed by atoms with van der Waals surface area (Å²) in [5.41, 5.74) is 1.55. The Bertz CT molecular complexity index is 531. The van der Waals surface area contributed by atoms with Gasteiger partial charge in [0.2, 0.25) is 0 Å². The molecule has 1 aromatic carbocycles. The summed E-state index contributed by atoms with van der Waals surface area (Å²) in [4.78, 5) is 18.2. The van der Waals surface area contributed by atoms with Crippen LogP contribution in [-0.2, 0) is 0 Å². The molecule has 0 fully saturated rings. The molecule has 0 aliphatic heterocycles. The molecule has 0 radical (unpaired) electrons. The predicted molar refractivity (Wildman–Crippen MR) is 53.7 cm³/mol. The van der Waals surface area contributed by atoms with E-state index in [9.17, 15) is 4.79 Å². The van der Waals surface area contributed by atoms with Gasteiger partial charge in [0.1, 0.15) is 0 Å². The van der Waals surface area contributed by atoms with E-state index in [2.05, 4.69) is 9.97 Å². The smallest absolute Gasteiger partial charge is 0.296 e. The molecule has 1 N–H and O–H groups in total. The zero-order chi connectivity index (χ0) is 10.1. The number of aromatic amines is 1. The molecule has 4 nitrogen and oxygen atoms in total. The number of nitrogens with one attached hydrogen (secondary N) is 1. The number of hydrogen-bond donors (Lipinski definition) is 1. The molecule has 0 saturated carbocycles. The number of methoxy groups -OCH3 is 1. The van der Waals surface area contributed by atoms with Crippen LogP contribution in [0.2, 0.25) is 0 Å². The van der Waals surface area contributed by atoms with Crippen LogP contribution in [0.4, 0.5) is 0 Å². The van der Waals surface area contributed by atoms with Crippen LogP contribution in [0.15, 0.2) is 23.0 Å². The first-order valence-corrected chi connectivity index (χ1v) is 4.25. The Morgan fingerprint density at radius 1 is 1.43 bits per heavy atom. The Balaban J connectivity index is 2.84. The summed E-state index contributed by atoms with van der Waals surface area (Å²) in [6, 6.07) is 5.74. The normalized spacial score (nSPS) is 10.4. The highest BCUT2D eigenvalue weighted by Crippen LogP contribution is 2.11. The second kappa shape index (κ2) is 3.14. The van der Waals surface area contributed by atoms with Crippen molar-refractivity contribution in [3.05, 3.63) is 34.1 Å². The summed E-state index contributed by atoms with van der Waals surface area (Å²) < 4.78 is 4.88. The Labute approximate surface area is 80.6 Å². The van der Waals surface area contributed by atoms with Gasteiger partial charge < -0.3 is 4.74 Å². The van der Waals surface area contributed by atoms with Gasteiger partial charge in [-0.1, -0.05) is 6.07 Å². The predicted octanol–water partition coefficient (Wildman–Crippen LogP) is 1.24. The summed E-state index contributed by atoms with van der Waals surface area (Å²) in [5, 5.41) is 0.580. The van der Waals surface area contributed by atoms with Crippen molar-refractivity contribution in [3.63, 3.8) is 0 Å². The average Bonchev–Trinajstić information content (AvgIpc) is 2.16. The van der Waals surface area contributed by atoms with E-state index in [1.54, 1.807) is 6.07 Å². The van der Waals surface area contributed by atoms with Crippen molar-refractivity contribution in [2.75, 3.05) is 7.11 Å². The standard InChI is InChI=1S/C10H10N2O2/c1-6-3-4-7-8(5-6)11-10(14-2)12-9(7)13/h3-5H,1-2H3,(H,11,12,13). The van der Waals surface area contributed by atoms with Gasteiger partial charge in [-0.2, -0.15) is 4.98 Å². The minimum atomic E-state index is -0.174. The van der Waals surface area contributed by atoms with Gasteiger partial charge in [0, 0.05) is 0 Å². The Morgan fingerprint density at radius 2 is 2.21 bits per heavy atom. The van der Waals surface area contributed by atoms with Gasteiger partial charge in [-0.25, -0.2) is 0 Å². The van der Waals surface area contributed by atoms with E-state index in [0.717, 1.165) is 5.56 Å². The summed E-state index contributed by atoms with van der Waals surface area (Å²) in [7, 11) is 1.47. The highest BCUT2D eigenvalue weighted by Gasteiger charge is 2.02. The fourth-order valence-electron chi connectivity index (χ4n) is 1.32. The molecule has 0 bridgehead atoms. The molecular formula is C10H10N2O2. The molecule has 0 aliphatic carbocycles. The highest BCUT2D eigenvalue weighted by molar-refractivity contribution is 5.78. The Hall–Kier alpha value is -1.84. The van der Waals surface area contributed by atoms with Gasteiger partial charge in [-0.15, -0.1) is 0 Å².